The van der Waals surface area contributed by atoms with Crippen LogP contribution in [0.1, 0.15) is 23.0 Å². The van der Waals surface area contributed by atoms with Crippen molar-refractivity contribution >= 4 is 17.6 Å². The Labute approximate surface area is 126 Å². The fourth-order valence-corrected chi connectivity index (χ4v) is 1.82. The summed E-state index contributed by atoms with van der Waals surface area (Å²) in [7, 11) is 0. The van der Waals surface area contributed by atoms with Crippen molar-refractivity contribution in [2.24, 2.45) is 0 Å². The van der Waals surface area contributed by atoms with Crippen LogP contribution >= 0.6 is 0 Å². The summed E-state index contributed by atoms with van der Waals surface area (Å²) in [5, 5.41) is 18.5. The third kappa shape index (κ3) is 3.81. The van der Waals surface area contributed by atoms with Crippen molar-refractivity contribution in [3.05, 3.63) is 35.7 Å². The maximum Gasteiger partial charge on any atom is 0.358 e. The largest absolute Gasteiger partial charge is 0.492 e. The zero-order valence-electron chi connectivity index (χ0n) is 12.2. The van der Waals surface area contributed by atoms with E-state index in [0.29, 0.717) is 18.0 Å². The third-order valence-electron chi connectivity index (χ3n) is 2.77. The molecule has 22 heavy (non-hydrogen) atoms. The number of benzene rings is 1. The summed E-state index contributed by atoms with van der Waals surface area (Å²) in [6.07, 6.45) is 1.19. The molecule has 2 N–H and O–H groups in total. The van der Waals surface area contributed by atoms with Crippen molar-refractivity contribution in [1.29, 1.82) is 0 Å². The van der Waals surface area contributed by atoms with E-state index >= 15 is 0 Å². The van der Waals surface area contributed by atoms with Gasteiger partial charge in [0.05, 0.1) is 18.5 Å². The first kappa shape index (κ1) is 15.5. The summed E-state index contributed by atoms with van der Waals surface area (Å²) < 4.78 is 6.64. The molecule has 1 amide bonds. The van der Waals surface area contributed by atoms with Crippen molar-refractivity contribution < 1.29 is 19.4 Å². The van der Waals surface area contributed by atoms with Gasteiger partial charge in [0.15, 0.2) is 5.69 Å². The van der Waals surface area contributed by atoms with Crippen LogP contribution in [0.4, 0.5) is 5.69 Å². The standard InChI is InChI=1S/C14H16N4O4/c1-3-22-12-6-9(2)4-5-10(12)15-13(19)8-18-7-11(14(20)21)16-17-18/h4-7H,3,8H2,1-2H3,(H,15,19)(H,20,21). The second-order valence-electron chi connectivity index (χ2n) is 4.59. The van der Waals surface area contributed by atoms with E-state index in [1.54, 1.807) is 6.07 Å². The Hall–Kier alpha value is -2.90. The maximum atomic E-state index is 12.0. The minimum absolute atomic E-state index is 0.139. The third-order valence-corrected chi connectivity index (χ3v) is 2.77. The lowest BCUT2D eigenvalue weighted by Crippen LogP contribution is -2.19. The molecule has 0 atom stereocenters. The van der Waals surface area contributed by atoms with E-state index in [1.807, 2.05) is 26.0 Å². The highest BCUT2D eigenvalue weighted by Crippen LogP contribution is 2.25. The summed E-state index contributed by atoms with van der Waals surface area (Å²) in [4.78, 5) is 22.7. The van der Waals surface area contributed by atoms with Crippen LogP contribution in [0.25, 0.3) is 0 Å². The predicted molar refractivity (Wildman–Crippen MR) is 78.0 cm³/mol. The highest BCUT2D eigenvalue weighted by molar-refractivity contribution is 5.92. The van der Waals surface area contributed by atoms with Gasteiger partial charge in [-0.1, -0.05) is 11.3 Å². The number of nitrogens with zero attached hydrogens (tertiary/aromatic N) is 3. The minimum Gasteiger partial charge on any atom is -0.492 e. The molecule has 2 aromatic rings. The number of carbonyl (C=O) groups is 2. The summed E-state index contributed by atoms with van der Waals surface area (Å²) >= 11 is 0. The number of aromatic carboxylic acids is 1. The van der Waals surface area contributed by atoms with Crippen LogP contribution in [0, 0.1) is 6.92 Å². The van der Waals surface area contributed by atoms with Gasteiger partial charge in [0.25, 0.3) is 0 Å². The van der Waals surface area contributed by atoms with E-state index in [0.717, 1.165) is 10.2 Å². The van der Waals surface area contributed by atoms with E-state index in [-0.39, 0.29) is 18.1 Å². The lowest BCUT2D eigenvalue weighted by Gasteiger charge is -2.12. The molecule has 0 fully saturated rings. The first-order valence-corrected chi connectivity index (χ1v) is 6.66. The number of aromatic nitrogens is 3. The van der Waals surface area contributed by atoms with Gasteiger partial charge in [0, 0.05) is 0 Å². The number of carboxylic acids is 1. The SMILES string of the molecule is CCOc1cc(C)ccc1NC(=O)Cn1cc(C(=O)O)nn1. The number of hydrogen-bond acceptors (Lipinski definition) is 5. The number of nitrogens with one attached hydrogen (secondary N) is 1. The van der Waals surface area contributed by atoms with Crippen molar-refractivity contribution in [3.8, 4) is 5.75 Å². The van der Waals surface area contributed by atoms with Crippen molar-refractivity contribution in [3.63, 3.8) is 0 Å². The van der Waals surface area contributed by atoms with Gasteiger partial charge in [-0.05, 0) is 31.5 Å². The van der Waals surface area contributed by atoms with Crippen molar-refractivity contribution in [2.45, 2.75) is 20.4 Å². The normalized spacial score (nSPS) is 10.3. The Bertz CT molecular complexity index is 696. The van der Waals surface area contributed by atoms with Crippen LogP contribution in [-0.2, 0) is 11.3 Å². The number of aryl methyl sites for hydroxylation is 1. The lowest BCUT2D eigenvalue weighted by atomic mass is 10.2. The molecule has 2 rings (SSSR count). The van der Waals surface area contributed by atoms with Gasteiger partial charge in [-0.15, -0.1) is 5.10 Å². The fraction of sp³-hybridized carbons (Fsp3) is 0.286. The molecule has 0 aliphatic carbocycles. The Balaban J connectivity index is 2.06. The van der Waals surface area contributed by atoms with Gasteiger partial charge in [-0.25, -0.2) is 9.48 Å². The second-order valence-corrected chi connectivity index (χ2v) is 4.59. The van der Waals surface area contributed by atoms with Gasteiger partial charge in [-0.2, -0.15) is 0 Å². The average molecular weight is 304 g/mol. The van der Waals surface area contributed by atoms with Gasteiger partial charge in [0.2, 0.25) is 5.91 Å². The summed E-state index contributed by atoms with van der Waals surface area (Å²) in [6, 6.07) is 5.44. The zero-order valence-corrected chi connectivity index (χ0v) is 12.2. The number of anilines is 1. The molecule has 1 heterocycles. The first-order valence-electron chi connectivity index (χ1n) is 6.66. The summed E-state index contributed by atoms with van der Waals surface area (Å²) in [6.45, 7) is 4.13. The molecule has 1 aromatic carbocycles. The monoisotopic (exact) mass is 304 g/mol. The van der Waals surface area contributed by atoms with Gasteiger partial charge < -0.3 is 15.2 Å². The Morgan fingerprint density at radius 3 is 2.82 bits per heavy atom. The number of rotatable bonds is 6. The predicted octanol–water partition coefficient (Wildman–Crippen LogP) is 1.32. The number of hydrogen-bond donors (Lipinski definition) is 2. The molecule has 0 bridgehead atoms. The molecule has 8 heteroatoms. The lowest BCUT2D eigenvalue weighted by molar-refractivity contribution is -0.116. The van der Waals surface area contributed by atoms with Gasteiger partial charge >= 0.3 is 5.97 Å². The molecule has 0 aliphatic rings. The number of ether oxygens (including phenoxy) is 1. The van der Waals surface area contributed by atoms with Crippen molar-refractivity contribution in [1.82, 2.24) is 15.0 Å². The average Bonchev–Trinajstić information content (AvgIpc) is 2.91. The molecular formula is C14H16N4O4. The molecule has 0 saturated carbocycles. The van der Waals surface area contributed by atoms with E-state index in [2.05, 4.69) is 15.6 Å². The van der Waals surface area contributed by atoms with Crippen LogP contribution in [0.2, 0.25) is 0 Å². The molecule has 0 unspecified atom stereocenters. The van der Waals surface area contributed by atoms with E-state index in [1.165, 1.54) is 6.20 Å². The Kier molecular flexibility index (Phi) is 4.72. The molecule has 116 valence electrons. The van der Waals surface area contributed by atoms with Crippen LogP contribution < -0.4 is 10.1 Å². The minimum atomic E-state index is -1.19. The quantitative estimate of drug-likeness (QED) is 0.833. The second kappa shape index (κ2) is 6.70. The van der Waals surface area contributed by atoms with Crippen LogP contribution in [-0.4, -0.2) is 38.6 Å². The fourth-order valence-electron chi connectivity index (χ4n) is 1.82. The highest BCUT2D eigenvalue weighted by atomic mass is 16.5. The van der Waals surface area contributed by atoms with Crippen LogP contribution in [0.3, 0.4) is 0 Å². The van der Waals surface area contributed by atoms with E-state index < -0.39 is 5.97 Å². The van der Waals surface area contributed by atoms with Gasteiger partial charge in [0.1, 0.15) is 12.3 Å². The molecule has 0 radical (unpaired) electrons. The number of carboxylic acid groups (broad SMARTS) is 1. The van der Waals surface area contributed by atoms with Crippen molar-refractivity contribution in [2.75, 3.05) is 11.9 Å². The van der Waals surface area contributed by atoms with Gasteiger partial charge in [-0.3, -0.25) is 4.79 Å². The highest BCUT2D eigenvalue weighted by Gasteiger charge is 2.12. The smallest absolute Gasteiger partial charge is 0.358 e. The van der Waals surface area contributed by atoms with Crippen LogP contribution in [0.15, 0.2) is 24.4 Å². The Morgan fingerprint density at radius 1 is 1.41 bits per heavy atom. The topological polar surface area (TPSA) is 106 Å². The number of amides is 1. The molecule has 1 aromatic heterocycles. The zero-order chi connectivity index (χ0) is 16.1. The molecule has 0 aliphatic heterocycles. The maximum absolute atomic E-state index is 12.0. The van der Waals surface area contributed by atoms with E-state index in [4.69, 9.17) is 9.84 Å². The number of carbonyl (C=O) groups excluding carboxylic acids is 1. The van der Waals surface area contributed by atoms with E-state index in [9.17, 15) is 9.59 Å². The summed E-state index contributed by atoms with van der Waals surface area (Å²) in [5.41, 5.74) is 1.36. The molecule has 0 spiro atoms. The first-order chi connectivity index (χ1) is 10.5. The van der Waals surface area contributed by atoms with Crippen LogP contribution in [0.5, 0.6) is 5.75 Å². The molecule has 0 saturated heterocycles. The molecular weight excluding hydrogens is 288 g/mol. The Morgan fingerprint density at radius 2 is 2.18 bits per heavy atom. The summed E-state index contributed by atoms with van der Waals surface area (Å²) in [5.74, 6) is -0.962. The molecule has 8 nitrogen and oxygen atoms in total.